The molecule has 2 saturated heterocycles. The SMILES string of the molecule is COc1c(NN)ncnc1N1CCC2C(CCCN2C)C1. The largest absolute Gasteiger partial charge is 0.490 e. The van der Waals surface area contributed by atoms with Crippen LogP contribution in [0.4, 0.5) is 11.6 Å². The lowest BCUT2D eigenvalue weighted by Crippen LogP contribution is -2.53. The second-order valence-electron chi connectivity index (χ2n) is 5.91. The van der Waals surface area contributed by atoms with E-state index in [1.165, 1.54) is 32.1 Å². The van der Waals surface area contributed by atoms with E-state index >= 15 is 0 Å². The molecule has 0 aliphatic carbocycles. The summed E-state index contributed by atoms with van der Waals surface area (Å²) in [5.41, 5.74) is 2.58. The van der Waals surface area contributed by atoms with Gasteiger partial charge in [-0.15, -0.1) is 0 Å². The van der Waals surface area contributed by atoms with E-state index in [1.54, 1.807) is 7.11 Å². The standard InChI is InChI=1S/C14H24N6O/c1-19-6-3-4-10-8-20(7-5-11(10)19)14-12(21-2)13(18-15)16-9-17-14/h9-11H,3-8,15H2,1-2H3,(H,16,17,18). The summed E-state index contributed by atoms with van der Waals surface area (Å²) in [6.45, 7) is 3.23. The fourth-order valence-electron chi connectivity index (χ4n) is 3.73. The molecule has 3 N–H and O–H groups in total. The van der Waals surface area contributed by atoms with Gasteiger partial charge in [-0.2, -0.15) is 0 Å². The highest BCUT2D eigenvalue weighted by atomic mass is 16.5. The van der Waals surface area contributed by atoms with Gasteiger partial charge in [0.2, 0.25) is 5.75 Å². The second kappa shape index (κ2) is 6.03. The average molecular weight is 292 g/mol. The Bertz CT molecular complexity index is 496. The Morgan fingerprint density at radius 2 is 2.19 bits per heavy atom. The molecule has 1 aromatic heterocycles. The highest BCUT2D eigenvalue weighted by Crippen LogP contribution is 2.36. The van der Waals surface area contributed by atoms with Gasteiger partial charge in [-0.25, -0.2) is 15.8 Å². The van der Waals surface area contributed by atoms with Gasteiger partial charge in [0.15, 0.2) is 11.6 Å². The molecular weight excluding hydrogens is 268 g/mol. The van der Waals surface area contributed by atoms with Crippen molar-refractivity contribution in [2.24, 2.45) is 11.8 Å². The number of piperidine rings is 2. The minimum absolute atomic E-state index is 0.533. The van der Waals surface area contributed by atoms with Crippen LogP contribution in [0.3, 0.4) is 0 Å². The van der Waals surface area contributed by atoms with E-state index in [0.29, 0.717) is 23.5 Å². The zero-order chi connectivity index (χ0) is 14.8. The Hall–Kier alpha value is -1.60. The fraction of sp³-hybridized carbons (Fsp3) is 0.714. The van der Waals surface area contributed by atoms with Crippen LogP contribution in [0, 0.1) is 5.92 Å². The Balaban J connectivity index is 1.82. The summed E-state index contributed by atoms with van der Waals surface area (Å²) in [5, 5.41) is 0. The number of aromatic nitrogens is 2. The molecule has 7 nitrogen and oxygen atoms in total. The van der Waals surface area contributed by atoms with Crippen molar-refractivity contribution in [2.45, 2.75) is 25.3 Å². The molecule has 2 aliphatic rings. The van der Waals surface area contributed by atoms with Crippen molar-refractivity contribution in [3.05, 3.63) is 6.33 Å². The van der Waals surface area contributed by atoms with Gasteiger partial charge < -0.3 is 20.0 Å². The van der Waals surface area contributed by atoms with Crippen LogP contribution in [0.2, 0.25) is 0 Å². The molecule has 116 valence electrons. The molecule has 2 aliphatic heterocycles. The predicted octanol–water partition coefficient (Wildman–Crippen LogP) is 0.691. The molecule has 0 saturated carbocycles. The third-order valence-electron chi connectivity index (χ3n) is 4.77. The van der Waals surface area contributed by atoms with Crippen molar-refractivity contribution < 1.29 is 4.74 Å². The van der Waals surface area contributed by atoms with Gasteiger partial charge in [0.05, 0.1) is 7.11 Å². The molecule has 2 unspecified atom stereocenters. The lowest BCUT2D eigenvalue weighted by Gasteiger charge is -2.46. The molecule has 7 heteroatoms. The Labute approximate surface area is 125 Å². The fourth-order valence-corrected chi connectivity index (χ4v) is 3.73. The first-order chi connectivity index (χ1) is 10.2. The zero-order valence-corrected chi connectivity index (χ0v) is 12.7. The quantitative estimate of drug-likeness (QED) is 0.627. The highest BCUT2D eigenvalue weighted by molar-refractivity contribution is 5.64. The number of nitrogens with two attached hydrogens (primary N) is 1. The number of hydrogen-bond acceptors (Lipinski definition) is 7. The number of nitrogens with zero attached hydrogens (tertiary/aromatic N) is 4. The number of hydrazine groups is 1. The van der Waals surface area contributed by atoms with Crippen LogP contribution in [-0.4, -0.2) is 54.7 Å². The van der Waals surface area contributed by atoms with Gasteiger partial charge >= 0.3 is 0 Å². The summed E-state index contributed by atoms with van der Waals surface area (Å²) in [6.07, 6.45) is 5.27. The molecule has 0 amide bonds. The van der Waals surface area contributed by atoms with Gasteiger partial charge in [0.25, 0.3) is 0 Å². The van der Waals surface area contributed by atoms with Crippen molar-refractivity contribution in [1.29, 1.82) is 0 Å². The van der Waals surface area contributed by atoms with Gasteiger partial charge in [-0.3, -0.25) is 0 Å². The van der Waals surface area contributed by atoms with Gasteiger partial charge in [-0.1, -0.05) is 0 Å². The molecule has 1 aromatic rings. The third kappa shape index (κ3) is 2.63. The third-order valence-corrected chi connectivity index (χ3v) is 4.77. The molecule has 0 aromatic carbocycles. The summed E-state index contributed by atoms with van der Waals surface area (Å²) < 4.78 is 5.46. The normalized spacial score (nSPS) is 26.3. The predicted molar refractivity (Wildman–Crippen MR) is 82.4 cm³/mol. The maximum Gasteiger partial charge on any atom is 0.205 e. The molecule has 0 bridgehead atoms. The van der Waals surface area contributed by atoms with Crippen LogP contribution < -0.4 is 20.9 Å². The molecule has 0 radical (unpaired) electrons. The maximum atomic E-state index is 5.50. The second-order valence-corrected chi connectivity index (χ2v) is 5.91. The van der Waals surface area contributed by atoms with Crippen molar-refractivity contribution >= 4 is 11.6 Å². The first kappa shape index (κ1) is 14.3. The molecule has 0 spiro atoms. The first-order valence-corrected chi connectivity index (χ1v) is 7.55. The number of fused-ring (bicyclic) bond motifs is 1. The monoisotopic (exact) mass is 292 g/mol. The summed E-state index contributed by atoms with van der Waals surface area (Å²) in [4.78, 5) is 13.3. The van der Waals surface area contributed by atoms with E-state index in [-0.39, 0.29) is 0 Å². The van der Waals surface area contributed by atoms with Gasteiger partial charge in [0.1, 0.15) is 6.33 Å². The minimum Gasteiger partial charge on any atom is -0.490 e. The number of likely N-dealkylation sites (tertiary alicyclic amines) is 1. The van der Waals surface area contributed by atoms with E-state index in [0.717, 1.165) is 18.9 Å². The van der Waals surface area contributed by atoms with Crippen molar-refractivity contribution in [1.82, 2.24) is 14.9 Å². The molecule has 2 fully saturated rings. The lowest BCUT2D eigenvalue weighted by molar-refractivity contribution is 0.102. The Morgan fingerprint density at radius 1 is 1.33 bits per heavy atom. The van der Waals surface area contributed by atoms with E-state index in [4.69, 9.17) is 10.6 Å². The van der Waals surface area contributed by atoms with E-state index in [1.807, 2.05) is 0 Å². The Kier molecular flexibility index (Phi) is 4.12. The van der Waals surface area contributed by atoms with E-state index < -0.39 is 0 Å². The molecule has 21 heavy (non-hydrogen) atoms. The Morgan fingerprint density at radius 3 is 2.95 bits per heavy atom. The van der Waals surface area contributed by atoms with Gasteiger partial charge in [-0.05, 0) is 38.8 Å². The van der Waals surface area contributed by atoms with Crippen LogP contribution in [0.25, 0.3) is 0 Å². The molecule has 2 atom stereocenters. The lowest BCUT2D eigenvalue weighted by atomic mass is 9.84. The molecule has 3 rings (SSSR count). The smallest absolute Gasteiger partial charge is 0.205 e. The van der Waals surface area contributed by atoms with Crippen molar-refractivity contribution in [3.8, 4) is 5.75 Å². The van der Waals surface area contributed by atoms with E-state index in [9.17, 15) is 0 Å². The first-order valence-electron chi connectivity index (χ1n) is 7.55. The van der Waals surface area contributed by atoms with E-state index in [2.05, 4.69) is 32.2 Å². The van der Waals surface area contributed by atoms with Crippen LogP contribution in [0.5, 0.6) is 5.75 Å². The van der Waals surface area contributed by atoms with Crippen LogP contribution in [0.1, 0.15) is 19.3 Å². The van der Waals surface area contributed by atoms with Crippen LogP contribution in [-0.2, 0) is 0 Å². The zero-order valence-electron chi connectivity index (χ0n) is 12.7. The highest BCUT2D eigenvalue weighted by Gasteiger charge is 2.35. The number of hydrogen-bond donors (Lipinski definition) is 2. The number of anilines is 2. The number of nitrogen functional groups attached to an aromatic ring is 1. The van der Waals surface area contributed by atoms with Crippen LogP contribution in [0.15, 0.2) is 6.33 Å². The summed E-state index contributed by atoms with van der Waals surface area (Å²) in [5.74, 6) is 8.20. The van der Waals surface area contributed by atoms with Gasteiger partial charge in [0, 0.05) is 19.1 Å². The van der Waals surface area contributed by atoms with Crippen molar-refractivity contribution in [3.63, 3.8) is 0 Å². The maximum absolute atomic E-state index is 5.50. The molecule has 3 heterocycles. The number of ether oxygens (including phenoxy) is 1. The minimum atomic E-state index is 0.533. The average Bonchev–Trinajstić information content (AvgIpc) is 2.53. The summed E-state index contributed by atoms with van der Waals surface area (Å²) >= 11 is 0. The number of nitrogens with one attached hydrogen (secondary N) is 1. The number of rotatable bonds is 3. The summed E-state index contributed by atoms with van der Waals surface area (Å²) in [7, 11) is 3.87. The summed E-state index contributed by atoms with van der Waals surface area (Å²) in [6, 6.07) is 0.704. The van der Waals surface area contributed by atoms with Crippen molar-refractivity contribution in [2.75, 3.05) is 44.1 Å². The van der Waals surface area contributed by atoms with Crippen LogP contribution >= 0.6 is 0 Å². The molecular formula is C14H24N6O. The number of methoxy groups -OCH3 is 1. The topological polar surface area (TPSA) is 79.5 Å².